The molecule has 0 bridgehead atoms. The summed E-state index contributed by atoms with van der Waals surface area (Å²) in [4.78, 5) is 2.45. The van der Waals surface area contributed by atoms with Crippen LogP contribution in [0.25, 0.3) is 10.4 Å². The number of hydrogen-bond acceptors (Lipinski definition) is 2. The van der Waals surface area contributed by atoms with Crippen molar-refractivity contribution in [3.8, 4) is 10.4 Å². The lowest BCUT2D eigenvalue weighted by molar-refractivity contribution is 0.627. The van der Waals surface area contributed by atoms with Gasteiger partial charge in [0.1, 0.15) is 5.82 Å². The fourth-order valence-electron chi connectivity index (χ4n) is 1.56. The van der Waals surface area contributed by atoms with Gasteiger partial charge >= 0.3 is 0 Å². The number of halogens is 2. The minimum atomic E-state index is -0.218. The van der Waals surface area contributed by atoms with Gasteiger partial charge in [0.15, 0.2) is 0 Å². The zero-order valence-corrected chi connectivity index (χ0v) is 11.9. The van der Waals surface area contributed by atoms with Crippen LogP contribution in [0.1, 0.15) is 11.8 Å². The Balaban J connectivity index is 2.24. The Morgan fingerprint density at radius 1 is 1.29 bits per heavy atom. The molecule has 1 N–H and O–H groups in total. The van der Waals surface area contributed by atoms with Crippen molar-refractivity contribution in [1.29, 1.82) is 0 Å². The van der Waals surface area contributed by atoms with E-state index in [9.17, 15) is 4.39 Å². The number of thiophene rings is 1. The predicted octanol–water partition coefficient (Wildman–Crippen LogP) is 4.43. The van der Waals surface area contributed by atoms with Crippen LogP contribution >= 0.6 is 27.3 Å². The Kier molecular flexibility index (Phi) is 4.31. The molecule has 1 nitrogen and oxygen atoms in total. The summed E-state index contributed by atoms with van der Waals surface area (Å²) in [5.41, 5.74) is 1.04. The average molecular weight is 314 g/mol. The van der Waals surface area contributed by atoms with E-state index in [4.69, 9.17) is 0 Å². The second-order valence-electron chi connectivity index (χ2n) is 3.67. The standard InChI is InChI=1S/C13H13BrFNS/c1-2-16-8-10-4-6-13(17-10)11-5-3-9(15)7-12(11)14/h3-7,16H,2,8H2,1H3. The molecule has 1 aromatic carbocycles. The minimum absolute atomic E-state index is 0.218. The van der Waals surface area contributed by atoms with Crippen molar-refractivity contribution >= 4 is 27.3 Å². The third-order valence-electron chi connectivity index (χ3n) is 2.41. The molecule has 2 aromatic rings. The molecule has 4 heteroatoms. The van der Waals surface area contributed by atoms with Crippen LogP contribution in [0.3, 0.4) is 0 Å². The van der Waals surface area contributed by atoms with E-state index in [0.717, 1.165) is 28.0 Å². The summed E-state index contributed by atoms with van der Waals surface area (Å²) in [6.07, 6.45) is 0. The first-order chi connectivity index (χ1) is 8.20. The van der Waals surface area contributed by atoms with Gasteiger partial charge in [-0.3, -0.25) is 0 Å². The average Bonchev–Trinajstić information content (AvgIpc) is 2.75. The molecule has 0 atom stereocenters. The molecule has 0 aliphatic heterocycles. The van der Waals surface area contributed by atoms with E-state index >= 15 is 0 Å². The molecule has 0 aliphatic carbocycles. The van der Waals surface area contributed by atoms with Crippen molar-refractivity contribution in [3.05, 3.63) is 45.5 Å². The number of nitrogens with one attached hydrogen (secondary N) is 1. The maximum Gasteiger partial charge on any atom is 0.124 e. The molecule has 0 amide bonds. The third kappa shape index (κ3) is 3.15. The van der Waals surface area contributed by atoms with Crippen LogP contribution in [0.15, 0.2) is 34.8 Å². The smallest absolute Gasteiger partial charge is 0.124 e. The molecule has 90 valence electrons. The van der Waals surface area contributed by atoms with E-state index in [1.807, 2.05) is 6.07 Å². The van der Waals surface area contributed by atoms with Crippen molar-refractivity contribution in [2.24, 2.45) is 0 Å². The summed E-state index contributed by atoms with van der Waals surface area (Å²) < 4.78 is 13.8. The monoisotopic (exact) mass is 313 g/mol. The number of benzene rings is 1. The largest absolute Gasteiger partial charge is 0.312 e. The fraction of sp³-hybridized carbons (Fsp3) is 0.231. The Bertz CT molecular complexity index is 510. The van der Waals surface area contributed by atoms with E-state index in [1.165, 1.54) is 17.0 Å². The van der Waals surface area contributed by atoms with Gasteiger partial charge in [-0.1, -0.05) is 22.9 Å². The predicted molar refractivity (Wildman–Crippen MR) is 74.8 cm³/mol. The summed E-state index contributed by atoms with van der Waals surface area (Å²) in [7, 11) is 0. The fourth-order valence-corrected chi connectivity index (χ4v) is 3.27. The number of rotatable bonds is 4. The van der Waals surface area contributed by atoms with Gasteiger partial charge in [0, 0.05) is 26.3 Å². The molecule has 0 aliphatic rings. The highest BCUT2D eigenvalue weighted by Gasteiger charge is 2.07. The second-order valence-corrected chi connectivity index (χ2v) is 5.69. The summed E-state index contributed by atoms with van der Waals surface area (Å²) in [5, 5.41) is 3.29. The van der Waals surface area contributed by atoms with Crippen LogP contribution in [0, 0.1) is 5.82 Å². The first kappa shape index (κ1) is 12.7. The second kappa shape index (κ2) is 5.76. The van der Waals surface area contributed by atoms with E-state index in [0.29, 0.717) is 0 Å². The van der Waals surface area contributed by atoms with Gasteiger partial charge < -0.3 is 5.32 Å². The quantitative estimate of drug-likeness (QED) is 0.880. The third-order valence-corrected chi connectivity index (χ3v) is 4.18. The van der Waals surface area contributed by atoms with Gasteiger partial charge in [0.2, 0.25) is 0 Å². The van der Waals surface area contributed by atoms with Gasteiger partial charge in [-0.15, -0.1) is 11.3 Å². The van der Waals surface area contributed by atoms with Crippen LogP contribution in [-0.2, 0) is 6.54 Å². The molecule has 1 heterocycles. The zero-order valence-electron chi connectivity index (χ0n) is 9.47. The highest BCUT2D eigenvalue weighted by Crippen LogP contribution is 2.33. The molecule has 0 saturated carbocycles. The summed E-state index contributed by atoms with van der Waals surface area (Å²) in [5.74, 6) is -0.218. The molecular formula is C13H13BrFNS. The van der Waals surface area contributed by atoms with Crippen LogP contribution in [-0.4, -0.2) is 6.54 Å². The Morgan fingerprint density at radius 2 is 2.12 bits per heavy atom. The maximum atomic E-state index is 13.0. The first-order valence-electron chi connectivity index (χ1n) is 5.45. The lowest BCUT2D eigenvalue weighted by atomic mass is 10.2. The van der Waals surface area contributed by atoms with Crippen LogP contribution in [0.4, 0.5) is 4.39 Å². The van der Waals surface area contributed by atoms with Crippen molar-refractivity contribution < 1.29 is 4.39 Å². The van der Waals surface area contributed by atoms with Crippen LogP contribution in [0.5, 0.6) is 0 Å². The Labute approximate surface area is 113 Å². The SMILES string of the molecule is CCNCc1ccc(-c2ccc(F)cc2Br)s1. The molecular weight excluding hydrogens is 301 g/mol. The zero-order chi connectivity index (χ0) is 12.3. The summed E-state index contributed by atoms with van der Waals surface area (Å²) in [6, 6.07) is 8.98. The highest BCUT2D eigenvalue weighted by molar-refractivity contribution is 9.10. The van der Waals surface area contributed by atoms with Gasteiger partial charge in [-0.25, -0.2) is 4.39 Å². The van der Waals surface area contributed by atoms with E-state index < -0.39 is 0 Å². The molecule has 1 aromatic heterocycles. The molecule has 2 rings (SSSR count). The minimum Gasteiger partial charge on any atom is -0.312 e. The van der Waals surface area contributed by atoms with Crippen LogP contribution < -0.4 is 5.32 Å². The Morgan fingerprint density at radius 3 is 2.82 bits per heavy atom. The van der Waals surface area contributed by atoms with Gasteiger partial charge in [0.25, 0.3) is 0 Å². The molecule has 17 heavy (non-hydrogen) atoms. The van der Waals surface area contributed by atoms with Crippen molar-refractivity contribution in [2.45, 2.75) is 13.5 Å². The first-order valence-corrected chi connectivity index (χ1v) is 7.06. The van der Waals surface area contributed by atoms with Crippen molar-refractivity contribution in [1.82, 2.24) is 5.32 Å². The van der Waals surface area contributed by atoms with Gasteiger partial charge in [-0.05, 0) is 36.9 Å². The van der Waals surface area contributed by atoms with Gasteiger partial charge in [-0.2, -0.15) is 0 Å². The van der Waals surface area contributed by atoms with Crippen LogP contribution in [0.2, 0.25) is 0 Å². The topological polar surface area (TPSA) is 12.0 Å². The molecule has 0 saturated heterocycles. The van der Waals surface area contributed by atoms with E-state index in [1.54, 1.807) is 11.3 Å². The highest BCUT2D eigenvalue weighted by atomic mass is 79.9. The lowest BCUT2D eigenvalue weighted by Gasteiger charge is -2.01. The summed E-state index contributed by atoms with van der Waals surface area (Å²) in [6.45, 7) is 3.94. The van der Waals surface area contributed by atoms with E-state index in [-0.39, 0.29) is 5.82 Å². The van der Waals surface area contributed by atoms with E-state index in [2.05, 4.69) is 40.3 Å². The van der Waals surface area contributed by atoms with Crippen molar-refractivity contribution in [2.75, 3.05) is 6.54 Å². The lowest BCUT2D eigenvalue weighted by Crippen LogP contribution is -2.10. The summed E-state index contributed by atoms with van der Waals surface area (Å²) >= 11 is 5.13. The maximum absolute atomic E-state index is 13.0. The van der Waals surface area contributed by atoms with Crippen molar-refractivity contribution in [3.63, 3.8) is 0 Å². The normalized spacial score (nSPS) is 10.8. The molecule has 0 radical (unpaired) electrons. The van der Waals surface area contributed by atoms with Gasteiger partial charge in [0.05, 0.1) is 0 Å². The Hall–Kier alpha value is -0.710. The molecule has 0 fully saturated rings. The molecule has 0 spiro atoms. The number of hydrogen-bond donors (Lipinski definition) is 1. The molecule has 0 unspecified atom stereocenters.